The molecule has 0 bridgehead atoms. The molecule has 110 valence electrons. The molecule has 0 fully saturated rings. The number of rotatable bonds is 1. The highest BCUT2D eigenvalue weighted by Crippen LogP contribution is 2.27. The fourth-order valence-electron chi connectivity index (χ4n) is 1.81. The molecule has 2 heterocycles. The summed E-state index contributed by atoms with van der Waals surface area (Å²) >= 11 is 6.11. The summed E-state index contributed by atoms with van der Waals surface area (Å²) in [6.45, 7) is 8.43. The first-order valence-electron chi connectivity index (χ1n) is 6.14. The first-order valence-corrected chi connectivity index (χ1v) is 6.52. The third-order valence-electron chi connectivity index (χ3n) is 2.59. The third-order valence-corrected chi connectivity index (χ3v) is 2.90. The van der Waals surface area contributed by atoms with E-state index in [0.29, 0.717) is 5.52 Å². The van der Waals surface area contributed by atoms with Crippen LogP contribution in [0.1, 0.15) is 31.1 Å². The number of aromatic nitrogens is 2. The number of nitrogens with zero attached hydrogens (tertiary/aromatic N) is 3. The van der Waals surface area contributed by atoms with Crippen LogP contribution in [0.15, 0.2) is 23.5 Å². The van der Waals surface area contributed by atoms with Crippen LogP contribution in [0.3, 0.4) is 0 Å². The molecule has 0 radical (unpaired) electrons. The monoisotopic (exact) mass is 307 g/mol. The number of aliphatic imine (C=N–C) groups is 1. The lowest BCUT2D eigenvalue weighted by molar-refractivity contribution is 0.0544. The molecule has 2 rings (SSSR count). The summed E-state index contributed by atoms with van der Waals surface area (Å²) in [7, 11) is 0. The van der Waals surface area contributed by atoms with E-state index in [1.807, 2.05) is 0 Å². The number of hydrogen-bond acceptors (Lipinski definition) is 4. The van der Waals surface area contributed by atoms with Gasteiger partial charge in [-0.15, -0.1) is 0 Å². The molecule has 0 spiro atoms. The van der Waals surface area contributed by atoms with Crippen LogP contribution < -0.4 is 0 Å². The minimum Gasteiger partial charge on any atom is -0.443 e. The molecule has 0 unspecified atom stereocenters. The van der Waals surface area contributed by atoms with E-state index >= 15 is 0 Å². The highest BCUT2D eigenvalue weighted by atomic mass is 35.5. The zero-order valence-corrected chi connectivity index (χ0v) is 12.6. The van der Waals surface area contributed by atoms with Crippen molar-refractivity contribution in [3.05, 3.63) is 29.0 Å². The van der Waals surface area contributed by atoms with E-state index in [1.54, 1.807) is 20.8 Å². The molecule has 7 heteroatoms. The van der Waals surface area contributed by atoms with Crippen LogP contribution >= 0.6 is 11.6 Å². The second-order valence-electron chi connectivity index (χ2n) is 5.35. The van der Waals surface area contributed by atoms with Gasteiger partial charge in [-0.1, -0.05) is 11.6 Å². The van der Waals surface area contributed by atoms with Crippen molar-refractivity contribution in [1.82, 2.24) is 9.55 Å². The molecule has 21 heavy (non-hydrogen) atoms. The highest BCUT2D eigenvalue weighted by molar-refractivity contribution is 6.35. The summed E-state index contributed by atoms with van der Waals surface area (Å²) < 4.78 is 6.45. The summed E-state index contributed by atoms with van der Waals surface area (Å²) in [5.41, 5.74) is 0.0583. The van der Waals surface area contributed by atoms with E-state index < -0.39 is 17.6 Å². The molecule has 0 N–H and O–H groups in total. The molecule has 0 aromatic carbocycles. The van der Waals surface area contributed by atoms with Crippen LogP contribution in [-0.2, 0) is 4.74 Å². The Labute approximate surface area is 126 Å². The first-order chi connectivity index (χ1) is 9.74. The number of hydrogen-bond donors (Lipinski definition) is 0. The maximum atomic E-state index is 12.2. The predicted molar refractivity (Wildman–Crippen MR) is 80.3 cm³/mol. The average Bonchev–Trinajstić information content (AvgIpc) is 2.77. The van der Waals surface area contributed by atoms with Crippen LogP contribution in [0.25, 0.3) is 11.0 Å². The maximum absolute atomic E-state index is 12.2. The minimum atomic E-state index is -0.677. The summed E-state index contributed by atoms with van der Waals surface area (Å²) in [6.07, 6.45) is 2.11. The van der Waals surface area contributed by atoms with Gasteiger partial charge in [-0.05, 0) is 33.6 Å². The van der Waals surface area contributed by atoms with E-state index in [-0.39, 0.29) is 16.1 Å². The zero-order valence-electron chi connectivity index (χ0n) is 11.9. The lowest BCUT2D eigenvalue weighted by Crippen LogP contribution is -2.26. The molecule has 1 amide bonds. The molecule has 0 aliphatic carbocycles. The molecule has 0 saturated heterocycles. The molecule has 0 aliphatic rings. The standard InChI is InChI=1S/C14H14ClN3O3/c1-14(2,3)21-13(20)18-7-8(12(19)16-4)10-11(18)9(15)5-6-17-10/h5-7H,4H2,1-3H3. The van der Waals surface area contributed by atoms with E-state index in [0.717, 1.165) is 4.57 Å². The van der Waals surface area contributed by atoms with Gasteiger partial charge in [0.2, 0.25) is 0 Å². The van der Waals surface area contributed by atoms with Crippen molar-refractivity contribution in [2.24, 2.45) is 4.99 Å². The second kappa shape index (κ2) is 5.29. The van der Waals surface area contributed by atoms with Crippen molar-refractivity contribution in [2.45, 2.75) is 26.4 Å². The largest absolute Gasteiger partial charge is 0.443 e. The first kappa shape index (κ1) is 15.2. The molecular weight excluding hydrogens is 294 g/mol. The smallest absolute Gasteiger partial charge is 0.419 e. The average molecular weight is 308 g/mol. The Hall–Kier alpha value is -2.21. The quantitative estimate of drug-likeness (QED) is 0.758. The Balaban J connectivity index is 2.66. The Kier molecular flexibility index (Phi) is 3.82. The lowest BCUT2D eigenvalue weighted by Gasteiger charge is -2.19. The topological polar surface area (TPSA) is 73.5 Å². The van der Waals surface area contributed by atoms with Crippen molar-refractivity contribution in [2.75, 3.05) is 0 Å². The number of fused-ring (bicyclic) bond motifs is 1. The van der Waals surface area contributed by atoms with Crippen LogP contribution in [0.2, 0.25) is 5.02 Å². The van der Waals surface area contributed by atoms with Gasteiger partial charge in [0.1, 0.15) is 11.1 Å². The summed E-state index contributed by atoms with van der Waals surface area (Å²) in [5, 5.41) is 0.286. The second-order valence-corrected chi connectivity index (χ2v) is 5.75. The maximum Gasteiger partial charge on any atom is 0.419 e. The predicted octanol–water partition coefficient (Wildman–Crippen LogP) is 3.31. The van der Waals surface area contributed by atoms with Crippen molar-refractivity contribution in [3.8, 4) is 0 Å². The van der Waals surface area contributed by atoms with Gasteiger partial charge < -0.3 is 4.74 Å². The molecule has 6 nitrogen and oxygen atoms in total. The molecular formula is C14H14ClN3O3. The fourth-order valence-corrected chi connectivity index (χ4v) is 2.05. The zero-order chi connectivity index (χ0) is 15.8. The Morgan fingerprint density at radius 1 is 1.43 bits per heavy atom. The number of carbonyl (C=O) groups excluding carboxylic acids is 2. The minimum absolute atomic E-state index is 0.147. The van der Waals surface area contributed by atoms with Gasteiger partial charge in [-0.2, -0.15) is 0 Å². The summed E-state index contributed by atoms with van der Waals surface area (Å²) in [6, 6.07) is 1.53. The SMILES string of the molecule is C=NC(=O)c1cn(C(=O)OC(C)(C)C)c2c(Cl)ccnc12. The van der Waals surface area contributed by atoms with E-state index in [4.69, 9.17) is 16.3 Å². The van der Waals surface area contributed by atoms with E-state index in [2.05, 4.69) is 16.7 Å². The van der Waals surface area contributed by atoms with Gasteiger partial charge in [0.15, 0.2) is 0 Å². The van der Waals surface area contributed by atoms with Gasteiger partial charge in [-0.25, -0.2) is 14.4 Å². The Morgan fingerprint density at radius 3 is 2.67 bits per heavy atom. The van der Waals surface area contributed by atoms with Crippen molar-refractivity contribution in [3.63, 3.8) is 0 Å². The number of amides is 1. The van der Waals surface area contributed by atoms with Crippen LogP contribution in [0.5, 0.6) is 0 Å². The van der Waals surface area contributed by atoms with Gasteiger partial charge >= 0.3 is 6.09 Å². The van der Waals surface area contributed by atoms with Crippen LogP contribution in [0.4, 0.5) is 4.79 Å². The molecule has 0 saturated carbocycles. The molecule has 2 aromatic rings. The van der Waals surface area contributed by atoms with Crippen molar-refractivity contribution in [1.29, 1.82) is 0 Å². The Morgan fingerprint density at radius 2 is 2.10 bits per heavy atom. The Bertz CT molecular complexity index is 744. The van der Waals surface area contributed by atoms with Gasteiger partial charge in [0.25, 0.3) is 5.91 Å². The van der Waals surface area contributed by atoms with Gasteiger partial charge in [-0.3, -0.25) is 9.78 Å². The molecule has 2 aromatic heterocycles. The normalized spacial score (nSPS) is 11.4. The van der Waals surface area contributed by atoms with Crippen molar-refractivity contribution >= 4 is 41.4 Å². The third kappa shape index (κ3) is 2.95. The van der Waals surface area contributed by atoms with Crippen LogP contribution in [0, 0.1) is 0 Å². The summed E-state index contributed by atoms with van der Waals surface area (Å²) in [5.74, 6) is -0.586. The number of pyridine rings is 1. The van der Waals surface area contributed by atoms with E-state index in [1.165, 1.54) is 18.5 Å². The van der Waals surface area contributed by atoms with Gasteiger partial charge in [0, 0.05) is 12.4 Å². The lowest BCUT2D eigenvalue weighted by atomic mass is 10.2. The van der Waals surface area contributed by atoms with Gasteiger partial charge in [0.05, 0.1) is 16.1 Å². The fraction of sp³-hybridized carbons (Fsp3) is 0.286. The summed E-state index contributed by atoms with van der Waals surface area (Å²) in [4.78, 5) is 31.5. The van der Waals surface area contributed by atoms with Crippen LogP contribution in [-0.4, -0.2) is 33.9 Å². The number of carbonyl (C=O) groups is 2. The number of ether oxygens (including phenoxy) is 1. The molecule has 0 aliphatic heterocycles. The van der Waals surface area contributed by atoms with Crippen molar-refractivity contribution < 1.29 is 14.3 Å². The highest BCUT2D eigenvalue weighted by Gasteiger charge is 2.24. The molecule has 0 atom stereocenters. The number of halogens is 1. The van der Waals surface area contributed by atoms with E-state index in [9.17, 15) is 9.59 Å².